The van der Waals surface area contributed by atoms with Crippen LogP contribution in [-0.2, 0) is 14.3 Å². The molecule has 0 heterocycles. The Balaban J connectivity index is 2.63. The van der Waals surface area contributed by atoms with Crippen LogP contribution in [0.2, 0.25) is 0 Å². The van der Waals surface area contributed by atoms with Crippen LogP contribution >= 0.6 is 0 Å². The maximum Gasteiger partial charge on any atom is 0.310 e. The summed E-state index contributed by atoms with van der Waals surface area (Å²) < 4.78 is 4.83. The van der Waals surface area contributed by atoms with E-state index in [2.05, 4.69) is 20.8 Å². The number of carbonyl (C=O) groups excluding carboxylic acids is 2. The van der Waals surface area contributed by atoms with Gasteiger partial charge >= 0.3 is 5.97 Å². The molecule has 4 nitrogen and oxygen atoms in total. The lowest BCUT2D eigenvalue weighted by atomic mass is 9.79. The minimum Gasteiger partial charge on any atom is -0.469 e. The van der Waals surface area contributed by atoms with Crippen molar-refractivity contribution in [2.75, 3.05) is 13.7 Å². The highest BCUT2D eigenvalue weighted by molar-refractivity contribution is 5.80. The van der Waals surface area contributed by atoms with Crippen LogP contribution in [0, 0.1) is 17.8 Å². The van der Waals surface area contributed by atoms with Crippen LogP contribution in [-0.4, -0.2) is 36.5 Å². The van der Waals surface area contributed by atoms with Crippen molar-refractivity contribution < 1.29 is 14.3 Å². The smallest absolute Gasteiger partial charge is 0.310 e. The molecule has 0 aromatic rings. The van der Waals surface area contributed by atoms with Gasteiger partial charge in [0.15, 0.2) is 0 Å². The maximum atomic E-state index is 13.0. The second-order valence-electron chi connectivity index (χ2n) is 7.53. The minimum absolute atomic E-state index is 0.140. The molecule has 0 radical (unpaired) electrons. The molecule has 0 aliphatic heterocycles. The van der Waals surface area contributed by atoms with Crippen molar-refractivity contribution in [1.29, 1.82) is 0 Å². The van der Waals surface area contributed by atoms with Crippen molar-refractivity contribution in [3.63, 3.8) is 0 Å². The van der Waals surface area contributed by atoms with Gasteiger partial charge in [0.25, 0.3) is 0 Å². The first kappa shape index (κ1) is 21.0. The van der Waals surface area contributed by atoms with Gasteiger partial charge in [0.2, 0.25) is 5.91 Å². The third kappa shape index (κ3) is 6.10. The fourth-order valence-corrected chi connectivity index (χ4v) is 3.70. The first-order valence-electron chi connectivity index (χ1n) is 9.82. The Morgan fingerprint density at radius 1 is 1.12 bits per heavy atom. The summed E-state index contributed by atoms with van der Waals surface area (Å²) in [6.45, 7) is 8.72. The molecule has 24 heavy (non-hydrogen) atoms. The van der Waals surface area contributed by atoms with Gasteiger partial charge in [0, 0.05) is 18.5 Å². The molecule has 1 aliphatic rings. The number of ether oxygens (including phenoxy) is 1. The van der Waals surface area contributed by atoms with Crippen LogP contribution in [0.1, 0.15) is 79.1 Å². The molecule has 0 saturated heterocycles. The number of esters is 1. The van der Waals surface area contributed by atoms with Crippen LogP contribution in [0.4, 0.5) is 0 Å². The topological polar surface area (TPSA) is 46.6 Å². The molecule has 0 aromatic heterocycles. The van der Waals surface area contributed by atoms with Crippen molar-refractivity contribution in [1.82, 2.24) is 4.90 Å². The monoisotopic (exact) mass is 339 g/mol. The lowest BCUT2D eigenvalue weighted by molar-refractivity contribution is -0.148. The summed E-state index contributed by atoms with van der Waals surface area (Å²) in [5.41, 5.74) is 0. The first-order chi connectivity index (χ1) is 11.4. The van der Waals surface area contributed by atoms with Gasteiger partial charge in [-0.2, -0.15) is 0 Å². The second kappa shape index (κ2) is 10.7. The van der Waals surface area contributed by atoms with E-state index in [9.17, 15) is 9.59 Å². The van der Waals surface area contributed by atoms with Crippen LogP contribution in [0.5, 0.6) is 0 Å². The van der Waals surface area contributed by atoms with Crippen molar-refractivity contribution >= 4 is 11.9 Å². The van der Waals surface area contributed by atoms with Gasteiger partial charge in [-0.3, -0.25) is 9.59 Å². The van der Waals surface area contributed by atoms with E-state index in [0.29, 0.717) is 6.54 Å². The Labute approximate surface area is 148 Å². The van der Waals surface area contributed by atoms with Gasteiger partial charge in [-0.25, -0.2) is 0 Å². The molecule has 0 aromatic carbocycles. The van der Waals surface area contributed by atoms with Gasteiger partial charge in [-0.1, -0.05) is 40.0 Å². The summed E-state index contributed by atoms with van der Waals surface area (Å²) in [7, 11) is 1.41. The highest BCUT2D eigenvalue weighted by Crippen LogP contribution is 2.33. The zero-order valence-electron chi connectivity index (χ0n) is 16.3. The van der Waals surface area contributed by atoms with Crippen molar-refractivity contribution in [3.8, 4) is 0 Å². The largest absolute Gasteiger partial charge is 0.469 e. The van der Waals surface area contributed by atoms with Crippen LogP contribution in [0.3, 0.4) is 0 Å². The summed E-state index contributed by atoms with van der Waals surface area (Å²) >= 11 is 0. The quantitative estimate of drug-likeness (QED) is 0.584. The summed E-state index contributed by atoms with van der Waals surface area (Å²) in [5, 5.41) is 0. The van der Waals surface area contributed by atoms with Crippen molar-refractivity contribution in [3.05, 3.63) is 0 Å². The summed E-state index contributed by atoms with van der Waals surface area (Å²) in [5.74, 6) is 0.684. The lowest BCUT2D eigenvalue weighted by Gasteiger charge is -2.36. The zero-order chi connectivity index (χ0) is 18.1. The molecular formula is C20H37NO3. The van der Waals surface area contributed by atoms with Gasteiger partial charge in [-0.05, 0) is 44.9 Å². The van der Waals surface area contributed by atoms with Crippen LogP contribution in [0.15, 0.2) is 0 Å². The Hall–Kier alpha value is -1.06. The van der Waals surface area contributed by atoms with E-state index in [1.54, 1.807) is 0 Å². The molecule has 4 heteroatoms. The summed E-state index contributed by atoms with van der Waals surface area (Å²) in [6, 6.07) is 0.169. The Kier molecular flexibility index (Phi) is 9.38. The molecule has 140 valence electrons. The predicted octanol–water partition coefficient (Wildman–Crippen LogP) is 4.42. The number of rotatable bonds is 9. The van der Waals surface area contributed by atoms with Gasteiger partial charge < -0.3 is 9.64 Å². The number of carbonyl (C=O) groups is 2. The van der Waals surface area contributed by atoms with Gasteiger partial charge in [0.1, 0.15) is 0 Å². The molecule has 1 aliphatic carbocycles. The normalized spacial score (nSPS) is 23.4. The second-order valence-corrected chi connectivity index (χ2v) is 7.53. The molecule has 0 bridgehead atoms. The Morgan fingerprint density at radius 2 is 1.75 bits per heavy atom. The molecule has 2 unspecified atom stereocenters. The fourth-order valence-electron chi connectivity index (χ4n) is 3.70. The number of methoxy groups -OCH3 is 1. The highest BCUT2D eigenvalue weighted by atomic mass is 16.5. The Bertz CT molecular complexity index is 388. The molecule has 1 rings (SSSR count). The number of nitrogens with zero attached hydrogens (tertiary/aromatic N) is 1. The van der Waals surface area contributed by atoms with Crippen LogP contribution in [0.25, 0.3) is 0 Å². The Morgan fingerprint density at radius 3 is 2.25 bits per heavy atom. The first-order valence-corrected chi connectivity index (χ1v) is 9.82. The highest BCUT2D eigenvalue weighted by Gasteiger charge is 2.32. The third-order valence-corrected chi connectivity index (χ3v) is 5.64. The van der Waals surface area contributed by atoms with Crippen LogP contribution < -0.4 is 0 Å². The van der Waals surface area contributed by atoms with E-state index < -0.39 is 0 Å². The summed E-state index contributed by atoms with van der Waals surface area (Å²) in [6.07, 6.45) is 9.15. The van der Waals surface area contributed by atoms with Gasteiger partial charge in [0.05, 0.1) is 13.0 Å². The molecule has 0 spiro atoms. The van der Waals surface area contributed by atoms with E-state index in [1.165, 1.54) is 39.2 Å². The van der Waals surface area contributed by atoms with E-state index >= 15 is 0 Å². The zero-order valence-corrected chi connectivity index (χ0v) is 16.3. The van der Waals surface area contributed by atoms with E-state index in [4.69, 9.17) is 4.74 Å². The standard InChI is InChI=1S/C20H37NO3/c1-6-8-9-17-10-12-18(13-11-17)19(22)21(16(4)7-2)14-15(3)20(23)24-5/h15-18H,6-14H2,1-5H3. The molecule has 2 atom stereocenters. The minimum atomic E-state index is -0.270. The SMILES string of the molecule is CCCCC1CCC(C(=O)N(CC(C)C(=O)OC)C(C)CC)CC1. The predicted molar refractivity (Wildman–Crippen MR) is 97.6 cm³/mol. The average Bonchev–Trinajstić information content (AvgIpc) is 2.62. The number of hydrogen-bond acceptors (Lipinski definition) is 3. The lowest BCUT2D eigenvalue weighted by Crippen LogP contribution is -2.46. The summed E-state index contributed by atoms with van der Waals surface area (Å²) in [4.78, 5) is 26.7. The molecule has 0 N–H and O–H groups in total. The van der Waals surface area contributed by atoms with Crippen molar-refractivity contribution in [2.24, 2.45) is 17.8 Å². The van der Waals surface area contributed by atoms with E-state index in [-0.39, 0.29) is 29.8 Å². The van der Waals surface area contributed by atoms with E-state index in [1.807, 2.05) is 11.8 Å². The number of amides is 1. The molecule has 1 amide bonds. The third-order valence-electron chi connectivity index (χ3n) is 5.64. The van der Waals surface area contributed by atoms with Crippen molar-refractivity contribution in [2.45, 2.75) is 85.1 Å². The maximum absolute atomic E-state index is 13.0. The van der Waals surface area contributed by atoms with Gasteiger partial charge in [-0.15, -0.1) is 0 Å². The molecule has 1 fully saturated rings. The number of unbranched alkanes of at least 4 members (excludes halogenated alkanes) is 1. The molecular weight excluding hydrogens is 302 g/mol. The fraction of sp³-hybridized carbons (Fsp3) is 0.900. The number of hydrogen-bond donors (Lipinski definition) is 0. The molecule has 1 saturated carbocycles. The average molecular weight is 340 g/mol. The van der Waals surface area contributed by atoms with E-state index in [0.717, 1.165) is 25.2 Å².